The summed E-state index contributed by atoms with van der Waals surface area (Å²) in [6.07, 6.45) is -2.48. The number of carbonyl (C=O) groups is 1. The third kappa shape index (κ3) is 5.01. The topological polar surface area (TPSA) is 112 Å². The largest absolute Gasteiger partial charge is 0.463 e. The number of esters is 1. The highest BCUT2D eigenvalue weighted by Crippen LogP contribution is 2.43. The zero-order valence-electron chi connectivity index (χ0n) is 17.4. The zero-order valence-corrected chi connectivity index (χ0v) is 18.4. The van der Waals surface area contributed by atoms with Crippen molar-refractivity contribution in [1.82, 2.24) is 0 Å². The van der Waals surface area contributed by atoms with Gasteiger partial charge in [0.05, 0.1) is 0 Å². The molecule has 2 rings (SSSR count). The maximum absolute atomic E-state index is 11.3. The Morgan fingerprint density at radius 3 is 2.37 bits per heavy atom. The van der Waals surface area contributed by atoms with Gasteiger partial charge in [-0.15, -0.1) is 0 Å². The maximum Gasteiger partial charge on any atom is 0.302 e. The molecule has 0 unspecified atom stereocenters. The van der Waals surface area contributed by atoms with Gasteiger partial charge in [-0.2, -0.15) is 0 Å². The Hall–Kier alpha value is -1.16. The SMILES string of the molecule is CC(=O)OC[C@H]1O[C@@H](O[Si](C)(C)C(C)(C)C)[C@H](N=[N+]=[N-])[C@H]2OC(C)(C)O[C@H]21. The van der Waals surface area contributed by atoms with E-state index in [0.29, 0.717) is 0 Å². The maximum atomic E-state index is 11.3. The molecule has 0 aliphatic carbocycles. The first kappa shape index (κ1) is 22.1. The van der Waals surface area contributed by atoms with Gasteiger partial charge in [-0.1, -0.05) is 25.9 Å². The van der Waals surface area contributed by atoms with E-state index in [-0.39, 0.29) is 11.6 Å². The molecular formula is C17H31N3O6Si. The summed E-state index contributed by atoms with van der Waals surface area (Å²) in [4.78, 5) is 14.2. The molecule has 2 aliphatic rings. The Balaban J connectivity index is 2.33. The van der Waals surface area contributed by atoms with Gasteiger partial charge in [-0.3, -0.25) is 4.79 Å². The summed E-state index contributed by atoms with van der Waals surface area (Å²) in [6, 6.07) is -0.704. The molecule has 0 aromatic rings. The van der Waals surface area contributed by atoms with Crippen LogP contribution < -0.4 is 0 Å². The number of ether oxygens (including phenoxy) is 4. The number of hydrogen-bond donors (Lipinski definition) is 0. The molecule has 0 spiro atoms. The number of rotatable bonds is 5. The van der Waals surface area contributed by atoms with Crippen LogP contribution in [0.5, 0.6) is 0 Å². The van der Waals surface area contributed by atoms with Crippen LogP contribution in [0.15, 0.2) is 5.11 Å². The van der Waals surface area contributed by atoms with Crippen molar-refractivity contribution in [3.05, 3.63) is 10.4 Å². The Bertz CT molecular complexity index is 614. The fraction of sp³-hybridized carbons (Fsp3) is 0.941. The van der Waals surface area contributed by atoms with Crippen LogP contribution in [0.25, 0.3) is 10.4 Å². The molecule has 0 amide bonds. The molecule has 0 saturated carbocycles. The van der Waals surface area contributed by atoms with Crippen LogP contribution in [0.2, 0.25) is 18.1 Å². The molecule has 2 aliphatic heterocycles. The number of azide groups is 1. The average molecular weight is 402 g/mol. The van der Waals surface area contributed by atoms with E-state index in [1.54, 1.807) is 13.8 Å². The molecule has 27 heavy (non-hydrogen) atoms. The van der Waals surface area contributed by atoms with Crippen molar-refractivity contribution in [2.24, 2.45) is 5.11 Å². The number of fused-ring (bicyclic) bond motifs is 1. The predicted octanol–water partition coefficient (Wildman–Crippen LogP) is 3.50. The van der Waals surface area contributed by atoms with Crippen molar-refractivity contribution in [2.45, 2.75) is 96.1 Å². The normalized spacial score (nSPS) is 33.1. The minimum absolute atomic E-state index is 0.0102. The van der Waals surface area contributed by atoms with E-state index in [1.807, 2.05) is 0 Å². The van der Waals surface area contributed by atoms with Gasteiger partial charge in [0.25, 0.3) is 0 Å². The zero-order chi connectivity index (χ0) is 20.6. The van der Waals surface area contributed by atoms with Gasteiger partial charge in [0, 0.05) is 11.8 Å². The molecule has 0 aromatic heterocycles. The lowest BCUT2D eigenvalue weighted by atomic mass is 9.98. The van der Waals surface area contributed by atoms with Crippen LogP contribution in [0.1, 0.15) is 41.5 Å². The van der Waals surface area contributed by atoms with Gasteiger partial charge in [0.15, 0.2) is 20.4 Å². The van der Waals surface area contributed by atoms with Gasteiger partial charge in [0.2, 0.25) is 0 Å². The molecular weight excluding hydrogens is 370 g/mol. The average Bonchev–Trinajstić information content (AvgIpc) is 2.82. The van der Waals surface area contributed by atoms with Gasteiger partial charge in [-0.25, -0.2) is 0 Å². The number of hydrogen-bond acceptors (Lipinski definition) is 7. The third-order valence-electron chi connectivity index (χ3n) is 5.31. The van der Waals surface area contributed by atoms with E-state index in [0.717, 1.165) is 0 Å². The second-order valence-electron chi connectivity index (χ2n) is 8.98. The molecule has 5 atom stereocenters. The Morgan fingerprint density at radius 2 is 1.85 bits per heavy atom. The summed E-state index contributed by atoms with van der Waals surface area (Å²) in [6.45, 7) is 15.4. The van der Waals surface area contributed by atoms with Crippen molar-refractivity contribution in [2.75, 3.05) is 6.61 Å². The summed E-state index contributed by atoms with van der Waals surface area (Å²) in [7, 11) is -2.23. The van der Waals surface area contributed by atoms with Gasteiger partial charge < -0.3 is 23.4 Å². The molecule has 0 radical (unpaired) electrons. The summed E-state index contributed by atoms with van der Waals surface area (Å²) < 4.78 is 29.6. The Morgan fingerprint density at radius 1 is 1.26 bits per heavy atom. The first-order chi connectivity index (χ1) is 12.3. The van der Waals surface area contributed by atoms with E-state index >= 15 is 0 Å². The quantitative estimate of drug-likeness (QED) is 0.229. The first-order valence-corrected chi connectivity index (χ1v) is 12.0. The third-order valence-corrected chi connectivity index (χ3v) is 9.74. The van der Waals surface area contributed by atoms with Crippen LogP contribution in [-0.2, 0) is 28.2 Å². The summed E-state index contributed by atoms with van der Waals surface area (Å²) in [5.74, 6) is -1.28. The molecule has 0 bridgehead atoms. The fourth-order valence-electron chi connectivity index (χ4n) is 2.93. The van der Waals surface area contributed by atoms with E-state index in [4.69, 9.17) is 28.9 Å². The van der Waals surface area contributed by atoms with Gasteiger partial charge >= 0.3 is 5.97 Å². The highest BCUT2D eigenvalue weighted by Gasteiger charge is 2.57. The second-order valence-corrected chi connectivity index (χ2v) is 13.7. The Labute approximate surface area is 161 Å². The summed E-state index contributed by atoms with van der Waals surface area (Å²) in [5, 5.41) is 3.85. The lowest BCUT2D eigenvalue weighted by Gasteiger charge is -2.45. The molecule has 10 heteroatoms. The molecule has 9 nitrogen and oxygen atoms in total. The number of nitrogens with zero attached hydrogens (tertiary/aromatic N) is 3. The summed E-state index contributed by atoms with van der Waals surface area (Å²) in [5.41, 5.74) is 9.08. The lowest BCUT2D eigenvalue weighted by Crippen LogP contribution is -2.60. The standard InChI is InChI=1S/C17H31N3O6Si/c1-10(21)22-9-11-13-14(25-17(5,6)24-13)12(19-20-18)15(23-11)26-27(7,8)16(2,3)4/h11-15H,9H2,1-8H3/t11-,12-,13+,14-,15+/m1/s1. The highest BCUT2D eigenvalue weighted by atomic mass is 28.4. The van der Waals surface area contributed by atoms with Crippen LogP contribution in [-0.4, -0.2) is 57.3 Å². The van der Waals surface area contributed by atoms with Crippen LogP contribution in [0.3, 0.4) is 0 Å². The van der Waals surface area contributed by atoms with E-state index in [9.17, 15) is 4.79 Å². The lowest BCUT2D eigenvalue weighted by molar-refractivity contribution is -0.223. The molecule has 154 valence electrons. The molecule has 2 saturated heterocycles. The highest BCUT2D eigenvalue weighted by molar-refractivity contribution is 6.74. The van der Waals surface area contributed by atoms with Crippen molar-refractivity contribution in [3.63, 3.8) is 0 Å². The van der Waals surface area contributed by atoms with Crippen LogP contribution in [0, 0.1) is 0 Å². The van der Waals surface area contributed by atoms with Crippen molar-refractivity contribution in [1.29, 1.82) is 0 Å². The second kappa shape index (κ2) is 7.69. The van der Waals surface area contributed by atoms with Crippen LogP contribution in [0.4, 0.5) is 0 Å². The van der Waals surface area contributed by atoms with E-state index in [2.05, 4.69) is 43.9 Å². The smallest absolute Gasteiger partial charge is 0.302 e. The summed E-state index contributed by atoms with van der Waals surface area (Å²) >= 11 is 0. The van der Waals surface area contributed by atoms with Crippen molar-refractivity contribution < 1.29 is 28.2 Å². The van der Waals surface area contributed by atoms with E-state index in [1.165, 1.54) is 6.92 Å². The number of carbonyl (C=O) groups excluding carboxylic acids is 1. The van der Waals surface area contributed by atoms with Crippen LogP contribution >= 0.6 is 0 Å². The van der Waals surface area contributed by atoms with Crippen molar-refractivity contribution >= 4 is 14.3 Å². The fourth-order valence-corrected chi connectivity index (χ4v) is 4.06. The minimum Gasteiger partial charge on any atom is -0.463 e. The Kier molecular flexibility index (Phi) is 6.30. The predicted molar refractivity (Wildman–Crippen MR) is 100 cm³/mol. The monoisotopic (exact) mass is 401 g/mol. The van der Waals surface area contributed by atoms with Crippen molar-refractivity contribution in [3.8, 4) is 0 Å². The molecule has 2 fully saturated rings. The van der Waals surface area contributed by atoms with E-state index < -0.39 is 50.7 Å². The van der Waals surface area contributed by atoms with Gasteiger partial charge in [-0.05, 0) is 37.5 Å². The molecule has 0 aromatic carbocycles. The first-order valence-electron chi connectivity index (χ1n) is 9.14. The minimum atomic E-state index is -2.23. The van der Waals surface area contributed by atoms with Gasteiger partial charge in [0.1, 0.15) is 31.0 Å². The molecule has 0 N–H and O–H groups in total. The molecule has 2 heterocycles.